The van der Waals surface area contributed by atoms with E-state index in [-0.39, 0.29) is 16.1 Å². The lowest BCUT2D eigenvalue weighted by atomic mass is 10.2. The van der Waals surface area contributed by atoms with Gasteiger partial charge in [-0.1, -0.05) is 0 Å². The van der Waals surface area contributed by atoms with Gasteiger partial charge in [-0.25, -0.2) is 13.1 Å². The lowest BCUT2D eigenvalue weighted by molar-refractivity contribution is 0.588. The normalized spacial score (nSPS) is 10.9. The molecule has 1 aromatic rings. The molecule has 0 spiro atoms. The van der Waals surface area contributed by atoms with Crippen LogP contribution in [0.5, 0.6) is 0 Å². The number of nitriles is 1. The molecule has 5 nitrogen and oxygen atoms in total. The van der Waals surface area contributed by atoms with Crippen LogP contribution >= 0.6 is 0 Å². The molecule has 0 saturated carbocycles. The number of rotatable bonds is 2. The van der Waals surface area contributed by atoms with E-state index in [9.17, 15) is 8.42 Å². The van der Waals surface area contributed by atoms with E-state index >= 15 is 0 Å². The van der Waals surface area contributed by atoms with Gasteiger partial charge in [-0.2, -0.15) is 5.26 Å². The first-order valence-electron chi connectivity index (χ1n) is 3.74. The fraction of sp³-hybridized carbons (Fsp3) is 0.125. The second kappa shape index (κ2) is 3.65. The van der Waals surface area contributed by atoms with Crippen molar-refractivity contribution < 1.29 is 8.42 Å². The third-order valence-corrected chi connectivity index (χ3v) is 3.03. The van der Waals surface area contributed by atoms with E-state index in [0.29, 0.717) is 0 Å². The molecular weight excluding hydrogens is 202 g/mol. The first kappa shape index (κ1) is 10.5. The average molecular weight is 211 g/mol. The summed E-state index contributed by atoms with van der Waals surface area (Å²) in [6.45, 7) is 0. The van der Waals surface area contributed by atoms with Crippen molar-refractivity contribution in [2.75, 3.05) is 12.8 Å². The van der Waals surface area contributed by atoms with Crippen molar-refractivity contribution in [3.8, 4) is 6.07 Å². The maximum Gasteiger partial charge on any atom is 0.240 e. The van der Waals surface area contributed by atoms with Crippen LogP contribution in [0, 0.1) is 11.3 Å². The molecule has 0 saturated heterocycles. The van der Waals surface area contributed by atoms with Crippen molar-refractivity contribution in [2.24, 2.45) is 0 Å². The van der Waals surface area contributed by atoms with Gasteiger partial charge in [0.25, 0.3) is 0 Å². The summed E-state index contributed by atoms with van der Waals surface area (Å²) in [7, 11) is -2.24. The van der Waals surface area contributed by atoms with Gasteiger partial charge in [-0.15, -0.1) is 0 Å². The van der Waals surface area contributed by atoms with Crippen LogP contribution in [0.1, 0.15) is 5.56 Å². The second-order valence-corrected chi connectivity index (χ2v) is 4.50. The van der Waals surface area contributed by atoms with Crippen LogP contribution in [-0.2, 0) is 10.0 Å². The Labute approximate surface area is 82.2 Å². The molecule has 0 heterocycles. The molecule has 0 aliphatic rings. The van der Waals surface area contributed by atoms with Gasteiger partial charge in [-0.05, 0) is 25.2 Å². The fourth-order valence-corrected chi connectivity index (χ4v) is 1.77. The summed E-state index contributed by atoms with van der Waals surface area (Å²) in [5.74, 6) is 0. The van der Waals surface area contributed by atoms with Gasteiger partial charge < -0.3 is 5.73 Å². The number of sulfonamides is 1. The Bertz CT molecular complexity index is 488. The Balaban J connectivity index is 3.39. The maximum absolute atomic E-state index is 11.3. The number of nitrogens with one attached hydrogen (secondary N) is 1. The van der Waals surface area contributed by atoms with Crippen LogP contribution in [-0.4, -0.2) is 15.5 Å². The molecular formula is C8H9N3O2S. The monoisotopic (exact) mass is 211 g/mol. The smallest absolute Gasteiger partial charge is 0.240 e. The van der Waals surface area contributed by atoms with E-state index in [0.717, 1.165) is 0 Å². The van der Waals surface area contributed by atoms with Gasteiger partial charge in [0.1, 0.15) is 0 Å². The van der Waals surface area contributed by atoms with Gasteiger partial charge in [0.2, 0.25) is 10.0 Å². The molecule has 0 radical (unpaired) electrons. The number of benzene rings is 1. The van der Waals surface area contributed by atoms with Crippen molar-refractivity contribution in [1.29, 1.82) is 5.26 Å². The molecule has 1 rings (SSSR count). The minimum atomic E-state index is -3.53. The molecule has 74 valence electrons. The van der Waals surface area contributed by atoms with Crippen LogP contribution in [0.3, 0.4) is 0 Å². The summed E-state index contributed by atoms with van der Waals surface area (Å²) in [6, 6.07) is 5.81. The van der Waals surface area contributed by atoms with E-state index in [1.54, 1.807) is 0 Å². The number of anilines is 1. The third-order valence-electron chi connectivity index (χ3n) is 1.64. The minimum absolute atomic E-state index is 0.00319. The van der Waals surface area contributed by atoms with Gasteiger partial charge in [0, 0.05) is 5.69 Å². The topological polar surface area (TPSA) is 96.0 Å². The molecule has 0 bridgehead atoms. The zero-order chi connectivity index (χ0) is 10.8. The van der Waals surface area contributed by atoms with Crippen molar-refractivity contribution >= 4 is 15.7 Å². The van der Waals surface area contributed by atoms with Crippen LogP contribution in [0.4, 0.5) is 5.69 Å². The van der Waals surface area contributed by atoms with Crippen LogP contribution in [0.2, 0.25) is 0 Å². The predicted molar refractivity (Wildman–Crippen MR) is 51.8 cm³/mol. The van der Waals surface area contributed by atoms with Crippen LogP contribution in [0.15, 0.2) is 23.1 Å². The zero-order valence-corrected chi connectivity index (χ0v) is 8.30. The number of hydrogen-bond donors (Lipinski definition) is 2. The van der Waals surface area contributed by atoms with E-state index in [1.807, 2.05) is 6.07 Å². The first-order valence-corrected chi connectivity index (χ1v) is 5.22. The van der Waals surface area contributed by atoms with Crippen molar-refractivity contribution in [2.45, 2.75) is 4.90 Å². The van der Waals surface area contributed by atoms with Crippen molar-refractivity contribution in [1.82, 2.24) is 4.72 Å². The zero-order valence-electron chi connectivity index (χ0n) is 7.48. The van der Waals surface area contributed by atoms with Gasteiger partial charge in [0.05, 0.1) is 16.5 Å². The third kappa shape index (κ3) is 2.02. The standard InChI is InChI=1S/C8H9N3O2S/c1-11-14(12,13)8-3-6(5-9)2-7(10)4-8/h2-4,11H,10H2,1H3. The molecule has 0 atom stereocenters. The molecule has 0 aliphatic carbocycles. The Morgan fingerprint density at radius 3 is 2.57 bits per heavy atom. The minimum Gasteiger partial charge on any atom is -0.399 e. The Hall–Kier alpha value is -1.58. The summed E-state index contributed by atoms with van der Waals surface area (Å²) < 4.78 is 24.8. The molecule has 0 fully saturated rings. The highest BCUT2D eigenvalue weighted by Gasteiger charge is 2.12. The van der Waals surface area contributed by atoms with Gasteiger partial charge in [0.15, 0.2) is 0 Å². The molecule has 1 aromatic carbocycles. The Kier molecular flexibility index (Phi) is 2.74. The summed E-state index contributed by atoms with van der Waals surface area (Å²) >= 11 is 0. The second-order valence-electron chi connectivity index (χ2n) is 2.61. The van der Waals surface area contributed by atoms with Crippen LogP contribution < -0.4 is 10.5 Å². The van der Waals surface area contributed by atoms with E-state index in [2.05, 4.69) is 4.72 Å². The highest BCUT2D eigenvalue weighted by atomic mass is 32.2. The largest absolute Gasteiger partial charge is 0.399 e. The average Bonchev–Trinajstić information content (AvgIpc) is 2.16. The van der Waals surface area contributed by atoms with Crippen molar-refractivity contribution in [3.63, 3.8) is 0 Å². The number of hydrogen-bond acceptors (Lipinski definition) is 4. The van der Waals surface area contributed by atoms with Gasteiger partial charge >= 0.3 is 0 Å². The molecule has 14 heavy (non-hydrogen) atoms. The summed E-state index contributed by atoms with van der Waals surface area (Å²) in [6.07, 6.45) is 0. The van der Waals surface area contributed by atoms with Gasteiger partial charge in [-0.3, -0.25) is 0 Å². The SMILES string of the molecule is CNS(=O)(=O)c1cc(N)cc(C#N)c1. The Morgan fingerprint density at radius 2 is 2.07 bits per heavy atom. The quantitative estimate of drug-likeness (QED) is 0.675. The highest BCUT2D eigenvalue weighted by molar-refractivity contribution is 7.89. The van der Waals surface area contributed by atoms with Crippen LogP contribution in [0.25, 0.3) is 0 Å². The highest BCUT2D eigenvalue weighted by Crippen LogP contribution is 2.15. The molecule has 3 N–H and O–H groups in total. The van der Waals surface area contributed by atoms with E-state index in [1.165, 1.54) is 25.2 Å². The Morgan fingerprint density at radius 1 is 1.43 bits per heavy atom. The summed E-state index contributed by atoms with van der Waals surface area (Å²) in [5, 5.41) is 8.60. The predicted octanol–water partition coefficient (Wildman–Crippen LogP) is 0.0486. The van der Waals surface area contributed by atoms with Crippen molar-refractivity contribution in [3.05, 3.63) is 23.8 Å². The number of nitrogens with zero attached hydrogens (tertiary/aromatic N) is 1. The lowest BCUT2D eigenvalue weighted by Crippen LogP contribution is -2.18. The first-order chi connectivity index (χ1) is 6.49. The number of nitrogens with two attached hydrogens (primary N) is 1. The number of nitrogen functional groups attached to an aromatic ring is 1. The molecule has 0 amide bonds. The van der Waals surface area contributed by atoms with E-state index < -0.39 is 10.0 Å². The molecule has 0 unspecified atom stereocenters. The molecule has 0 aromatic heterocycles. The molecule has 0 aliphatic heterocycles. The summed E-state index contributed by atoms with van der Waals surface area (Å²) in [5.41, 5.74) is 5.91. The maximum atomic E-state index is 11.3. The fourth-order valence-electron chi connectivity index (χ4n) is 0.960. The molecule has 6 heteroatoms. The lowest BCUT2D eigenvalue weighted by Gasteiger charge is -2.03. The van der Waals surface area contributed by atoms with E-state index in [4.69, 9.17) is 11.0 Å². The summed E-state index contributed by atoms with van der Waals surface area (Å²) in [4.78, 5) is -0.00319.